The molecule has 1 fully saturated rings. The number of benzene rings is 1. The molecule has 1 saturated heterocycles. The minimum absolute atomic E-state index is 0.0686. The van der Waals surface area contributed by atoms with Gasteiger partial charge in [-0.2, -0.15) is 11.3 Å². The van der Waals surface area contributed by atoms with E-state index < -0.39 is 0 Å². The van der Waals surface area contributed by atoms with Crippen LogP contribution in [0.15, 0.2) is 50.7 Å². The molecule has 0 bridgehead atoms. The summed E-state index contributed by atoms with van der Waals surface area (Å²) in [6, 6.07) is 8.64. The third-order valence-corrected chi connectivity index (χ3v) is 6.31. The summed E-state index contributed by atoms with van der Waals surface area (Å²) in [5.74, 6) is 0.366. The fourth-order valence-electron chi connectivity index (χ4n) is 3.18. The number of halogens is 1. The van der Waals surface area contributed by atoms with Crippen molar-refractivity contribution in [3.8, 4) is 0 Å². The maximum absolute atomic E-state index is 13.7. The van der Waals surface area contributed by atoms with Crippen molar-refractivity contribution in [2.75, 3.05) is 31.9 Å². The molecule has 0 unspecified atom stereocenters. The minimum Gasteiger partial charge on any atom is -0.416 e. The first-order valence-corrected chi connectivity index (χ1v) is 11.3. The van der Waals surface area contributed by atoms with Crippen LogP contribution in [-0.4, -0.2) is 57.8 Å². The topological polar surface area (TPSA) is 62.5 Å². The van der Waals surface area contributed by atoms with Crippen molar-refractivity contribution in [3.63, 3.8) is 0 Å². The van der Waals surface area contributed by atoms with Crippen LogP contribution in [-0.2, 0) is 17.8 Å². The van der Waals surface area contributed by atoms with E-state index in [0.29, 0.717) is 16.7 Å². The lowest BCUT2D eigenvalue weighted by Gasteiger charge is -2.34. The first-order valence-electron chi connectivity index (χ1n) is 9.37. The third-order valence-electron chi connectivity index (χ3n) is 4.78. The van der Waals surface area contributed by atoms with E-state index in [9.17, 15) is 9.18 Å². The number of thioether (sulfide) groups is 1. The summed E-state index contributed by atoms with van der Waals surface area (Å²) in [5.41, 5.74) is 1.83. The van der Waals surface area contributed by atoms with Gasteiger partial charge in [-0.3, -0.25) is 9.69 Å². The number of thiophene rings is 1. The Labute approximate surface area is 176 Å². The average molecular weight is 433 g/mol. The Balaban J connectivity index is 1.22. The molecule has 29 heavy (non-hydrogen) atoms. The number of hydrogen-bond donors (Lipinski definition) is 0. The summed E-state index contributed by atoms with van der Waals surface area (Å²) in [6.07, 6.45) is 0.236. The molecular formula is C20H21FN4O2S2. The zero-order valence-electron chi connectivity index (χ0n) is 15.8. The van der Waals surface area contributed by atoms with Gasteiger partial charge in [-0.1, -0.05) is 30.0 Å². The van der Waals surface area contributed by atoms with E-state index in [4.69, 9.17) is 4.42 Å². The second kappa shape index (κ2) is 9.51. The molecule has 0 radical (unpaired) electrons. The van der Waals surface area contributed by atoms with Crippen LogP contribution in [0.5, 0.6) is 0 Å². The number of carbonyl (C=O) groups excluding carboxylic acids is 1. The lowest BCUT2D eigenvalue weighted by molar-refractivity contribution is -0.130. The summed E-state index contributed by atoms with van der Waals surface area (Å²) < 4.78 is 19.3. The lowest BCUT2D eigenvalue weighted by atomic mass is 10.1. The molecule has 0 spiro atoms. The molecule has 0 atom stereocenters. The molecule has 1 aliphatic rings. The van der Waals surface area contributed by atoms with Gasteiger partial charge < -0.3 is 9.32 Å². The van der Waals surface area contributed by atoms with Gasteiger partial charge >= 0.3 is 0 Å². The molecule has 3 heterocycles. The first kappa shape index (κ1) is 20.1. The molecule has 6 nitrogen and oxygen atoms in total. The normalized spacial score (nSPS) is 15.0. The lowest BCUT2D eigenvalue weighted by Crippen LogP contribution is -2.48. The molecule has 1 amide bonds. The molecule has 3 aromatic rings. The van der Waals surface area contributed by atoms with Crippen LogP contribution in [0.4, 0.5) is 4.39 Å². The van der Waals surface area contributed by atoms with Crippen molar-refractivity contribution < 1.29 is 13.6 Å². The van der Waals surface area contributed by atoms with E-state index in [0.717, 1.165) is 32.7 Å². The first-order chi connectivity index (χ1) is 14.2. The summed E-state index contributed by atoms with van der Waals surface area (Å²) in [5, 5.41) is 12.5. The molecule has 9 heteroatoms. The Bertz CT molecular complexity index is 940. The smallest absolute Gasteiger partial charge is 0.277 e. The van der Waals surface area contributed by atoms with E-state index in [1.165, 1.54) is 23.4 Å². The Morgan fingerprint density at radius 3 is 2.76 bits per heavy atom. The molecular weight excluding hydrogens is 411 g/mol. The van der Waals surface area contributed by atoms with Gasteiger partial charge in [0.2, 0.25) is 11.8 Å². The van der Waals surface area contributed by atoms with E-state index in [1.54, 1.807) is 29.5 Å². The molecule has 2 aromatic heterocycles. The summed E-state index contributed by atoms with van der Waals surface area (Å²) >= 11 is 2.93. The summed E-state index contributed by atoms with van der Waals surface area (Å²) in [6.45, 7) is 4.14. The highest BCUT2D eigenvalue weighted by Gasteiger charge is 2.22. The fraction of sp³-hybridized carbons (Fsp3) is 0.350. The van der Waals surface area contributed by atoms with Gasteiger partial charge in [0.15, 0.2) is 0 Å². The van der Waals surface area contributed by atoms with Gasteiger partial charge in [0.25, 0.3) is 5.22 Å². The van der Waals surface area contributed by atoms with Gasteiger partial charge in [-0.25, -0.2) is 4.39 Å². The van der Waals surface area contributed by atoms with Crippen LogP contribution in [0.2, 0.25) is 0 Å². The van der Waals surface area contributed by atoms with Gasteiger partial charge in [0.05, 0.1) is 12.2 Å². The number of carbonyl (C=O) groups is 1. The molecule has 0 N–H and O–H groups in total. The molecule has 1 aromatic carbocycles. The van der Waals surface area contributed by atoms with Crippen molar-refractivity contribution in [2.24, 2.45) is 0 Å². The van der Waals surface area contributed by atoms with Gasteiger partial charge in [-0.15, -0.1) is 10.2 Å². The van der Waals surface area contributed by atoms with Crippen LogP contribution in [0.1, 0.15) is 17.0 Å². The third kappa shape index (κ3) is 5.43. The molecule has 0 saturated carbocycles. The molecule has 0 aliphatic carbocycles. The quantitative estimate of drug-likeness (QED) is 0.534. The Morgan fingerprint density at radius 2 is 2.00 bits per heavy atom. The maximum atomic E-state index is 13.7. The highest BCUT2D eigenvalue weighted by atomic mass is 32.2. The van der Waals surface area contributed by atoms with Crippen LogP contribution in [0.25, 0.3) is 0 Å². The predicted octanol–water partition coefficient (Wildman–Crippen LogP) is 3.30. The second-order valence-corrected chi connectivity index (χ2v) is 8.51. The monoisotopic (exact) mass is 432 g/mol. The van der Waals surface area contributed by atoms with Gasteiger partial charge in [-0.05, 0) is 34.0 Å². The SMILES string of the molecule is O=C(CSc1nnc(Cc2ccccc2F)o1)N1CCN(Cc2ccsc2)CC1. The van der Waals surface area contributed by atoms with E-state index >= 15 is 0 Å². The fourth-order valence-corrected chi connectivity index (χ4v) is 4.53. The Kier molecular flexibility index (Phi) is 6.58. The zero-order valence-corrected chi connectivity index (χ0v) is 17.4. The van der Waals surface area contributed by atoms with E-state index in [-0.39, 0.29) is 23.9 Å². The standard InChI is InChI=1S/C20H21FN4O2S2/c21-17-4-2-1-3-16(17)11-18-22-23-20(27-18)29-14-19(26)25-8-6-24(7-9-25)12-15-5-10-28-13-15/h1-5,10,13H,6-9,11-12,14H2. The molecule has 4 rings (SSSR count). The second-order valence-electron chi connectivity index (χ2n) is 6.81. The number of nitrogens with zero attached hydrogens (tertiary/aromatic N) is 4. The van der Waals surface area contributed by atoms with Crippen LogP contribution in [0.3, 0.4) is 0 Å². The highest BCUT2D eigenvalue weighted by molar-refractivity contribution is 7.99. The summed E-state index contributed by atoms with van der Waals surface area (Å²) in [4.78, 5) is 16.7. The zero-order chi connectivity index (χ0) is 20.1. The number of piperazine rings is 1. The Morgan fingerprint density at radius 1 is 1.17 bits per heavy atom. The van der Waals surface area contributed by atoms with Crippen molar-refractivity contribution in [1.29, 1.82) is 0 Å². The largest absolute Gasteiger partial charge is 0.416 e. The van der Waals surface area contributed by atoms with Crippen molar-refractivity contribution in [1.82, 2.24) is 20.0 Å². The number of hydrogen-bond acceptors (Lipinski definition) is 7. The van der Waals surface area contributed by atoms with Crippen molar-refractivity contribution in [2.45, 2.75) is 18.2 Å². The molecule has 152 valence electrons. The van der Waals surface area contributed by atoms with E-state index in [1.807, 2.05) is 4.90 Å². The number of rotatable bonds is 7. The van der Waals surface area contributed by atoms with Gasteiger partial charge in [0, 0.05) is 32.7 Å². The Hall–Kier alpha value is -2.23. The summed E-state index contributed by atoms with van der Waals surface area (Å²) in [7, 11) is 0. The average Bonchev–Trinajstić information content (AvgIpc) is 3.41. The van der Waals surface area contributed by atoms with E-state index in [2.05, 4.69) is 31.9 Å². The van der Waals surface area contributed by atoms with Crippen molar-refractivity contribution in [3.05, 3.63) is 63.9 Å². The molecule has 1 aliphatic heterocycles. The van der Waals surface area contributed by atoms with Crippen LogP contribution >= 0.6 is 23.1 Å². The van der Waals surface area contributed by atoms with Crippen LogP contribution < -0.4 is 0 Å². The predicted molar refractivity (Wildman–Crippen MR) is 110 cm³/mol. The highest BCUT2D eigenvalue weighted by Crippen LogP contribution is 2.20. The maximum Gasteiger partial charge on any atom is 0.277 e. The van der Waals surface area contributed by atoms with Crippen LogP contribution in [0, 0.1) is 5.82 Å². The van der Waals surface area contributed by atoms with Crippen molar-refractivity contribution >= 4 is 29.0 Å². The number of aromatic nitrogens is 2. The number of amides is 1. The van der Waals surface area contributed by atoms with Gasteiger partial charge in [0.1, 0.15) is 5.82 Å². The minimum atomic E-state index is -0.298.